The topological polar surface area (TPSA) is 128 Å². The summed E-state index contributed by atoms with van der Waals surface area (Å²) in [5, 5.41) is 20.9. The molecule has 3 N–H and O–H groups in total. The summed E-state index contributed by atoms with van der Waals surface area (Å²) in [4.78, 5) is 37.0. The number of aliphatic hydroxyl groups excluding tert-OH is 2. The number of aliphatic hydroxyl groups is 2. The van der Waals surface area contributed by atoms with Gasteiger partial charge in [0, 0.05) is 34.3 Å². The maximum absolute atomic E-state index is 12.4. The molecule has 0 radical (unpaired) electrons. The third kappa shape index (κ3) is 3.50. The predicted octanol–water partition coefficient (Wildman–Crippen LogP) is -2.23. The standard InChI is InChI=1S/C15H22N4O6/c1-17-13-10(14(23)18(2)15(17)24)6-11(19(13)4-5-25-3)12(22)16-7-9(21)8-20/h6,9,20-21H,4-5,7-8H2,1-3H3,(H,16,22)/t9-/m1/s1. The molecular formula is C15H22N4O6. The molecule has 0 aromatic carbocycles. The quantitative estimate of drug-likeness (QED) is 0.516. The van der Waals surface area contributed by atoms with Crippen LogP contribution >= 0.6 is 0 Å². The van der Waals surface area contributed by atoms with Crippen molar-refractivity contribution in [2.75, 3.05) is 26.9 Å². The van der Waals surface area contributed by atoms with E-state index in [0.717, 1.165) is 4.57 Å². The number of carbonyl (C=O) groups is 1. The zero-order chi connectivity index (χ0) is 18.7. The Morgan fingerprint density at radius 1 is 1.32 bits per heavy atom. The van der Waals surface area contributed by atoms with Gasteiger partial charge in [-0.2, -0.15) is 0 Å². The first-order valence-electron chi connectivity index (χ1n) is 7.68. The van der Waals surface area contributed by atoms with E-state index in [1.807, 2.05) is 0 Å². The van der Waals surface area contributed by atoms with Crippen LogP contribution in [0.1, 0.15) is 10.5 Å². The molecule has 2 aromatic rings. The number of aryl methyl sites for hydroxylation is 1. The van der Waals surface area contributed by atoms with Crippen molar-refractivity contribution in [1.29, 1.82) is 0 Å². The number of carbonyl (C=O) groups excluding carboxylic acids is 1. The molecule has 0 saturated carbocycles. The van der Waals surface area contributed by atoms with Crippen LogP contribution in [-0.4, -0.2) is 62.8 Å². The van der Waals surface area contributed by atoms with Gasteiger partial charge in [0.15, 0.2) is 0 Å². The monoisotopic (exact) mass is 354 g/mol. The summed E-state index contributed by atoms with van der Waals surface area (Å²) in [7, 11) is 4.39. The Labute approximate surface area is 142 Å². The number of fused-ring (bicyclic) bond motifs is 1. The molecule has 0 spiro atoms. The molecule has 0 unspecified atom stereocenters. The van der Waals surface area contributed by atoms with Crippen LogP contribution in [0.25, 0.3) is 11.0 Å². The number of nitrogens with zero attached hydrogens (tertiary/aromatic N) is 3. The lowest BCUT2D eigenvalue weighted by Crippen LogP contribution is -2.37. The van der Waals surface area contributed by atoms with Crippen LogP contribution in [0, 0.1) is 0 Å². The second-order valence-electron chi connectivity index (χ2n) is 5.66. The Balaban J connectivity index is 2.61. The molecule has 2 rings (SSSR count). The van der Waals surface area contributed by atoms with Gasteiger partial charge in [-0.15, -0.1) is 0 Å². The van der Waals surface area contributed by atoms with Crippen LogP contribution in [0.5, 0.6) is 0 Å². The van der Waals surface area contributed by atoms with Crippen molar-refractivity contribution >= 4 is 16.9 Å². The second kappa shape index (κ2) is 7.64. The Bertz CT molecular complexity index is 894. The molecule has 0 bridgehead atoms. The number of nitrogens with one attached hydrogen (secondary N) is 1. The van der Waals surface area contributed by atoms with Crippen LogP contribution in [-0.2, 0) is 25.4 Å². The van der Waals surface area contributed by atoms with Crippen LogP contribution in [0.2, 0.25) is 0 Å². The summed E-state index contributed by atoms with van der Waals surface area (Å²) in [6.07, 6.45) is -1.09. The van der Waals surface area contributed by atoms with E-state index in [-0.39, 0.29) is 30.8 Å². The lowest BCUT2D eigenvalue weighted by molar-refractivity contribution is 0.0795. The van der Waals surface area contributed by atoms with Crippen molar-refractivity contribution in [2.24, 2.45) is 14.1 Å². The first kappa shape index (κ1) is 18.9. The summed E-state index contributed by atoms with van der Waals surface area (Å²) in [6, 6.07) is 1.41. The van der Waals surface area contributed by atoms with Gasteiger partial charge in [0.1, 0.15) is 11.3 Å². The van der Waals surface area contributed by atoms with E-state index in [2.05, 4.69) is 5.32 Å². The van der Waals surface area contributed by atoms with E-state index < -0.39 is 29.9 Å². The Morgan fingerprint density at radius 3 is 2.60 bits per heavy atom. The number of aromatic nitrogens is 3. The Kier molecular flexibility index (Phi) is 5.77. The third-order valence-corrected chi connectivity index (χ3v) is 3.96. The van der Waals surface area contributed by atoms with Crippen molar-refractivity contribution in [3.63, 3.8) is 0 Å². The van der Waals surface area contributed by atoms with E-state index in [1.165, 1.54) is 36.4 Å². The average molecular weight is 354 g/mol. The zero-order valence-corrected chi connectivity index (χ0v) is 14.4. The number of methoxy groups -OCH3 is 1. The van der Waals surface area contributed by atoms with Gasteiger partial charge in [0.2, 0.25) is 0 Å². The molecule has 2 heterocycles. The summed E-state index contributed by atoms with van der Waals surface area (Å²) in [6.45, 7) is -0.0987. The predicted molar refractivity (Wildman–Crippen MR) is 89.7 cm³/mol. The maximum atomic E-state index is 12.4. The highest BCUT2D eigenvalue weighted by Gasteiger charge is 2.21. The number of hydrogen-bond acceptors (Lipinski definition) is 6. The minimum absolute atomic E-state index is 0.141. The lowest BCUT2D eigenvalue weighted by atomic mass is 10.3. The first-order chi connectivity index (χ1) is 11.8. The van der Waals surface area contributed by atoms with Gasteiger partial charge in [0.25, 0.3) is 11.5 Å². The number of rotatable bonds is 7. The highest BCUT2D eigenvalue weighted by Crippen LogP contribution is 2.15. The van der Waals surface area contributed by atoms with Crippen LogP contribution in [0.4, 0.5) is 0 Å². The Morgan fingerprint density at radius 2 is 2.00 bits per heavy atom. The average Bonchev–Trinajstić information content (AvgIpc) is 3.00. The molecule has 1 atom stereocenters. The lowest BCUT2D eigenvalue weighted by Gasteiger charge is -2.13. The molecule has 0 aliphatic carbocycles. The van der Waals surface area contributed by atoms with Gasteiger partial charge < -0.3 is 24.8 Å². The summed E-state index contributed by atoms with van der Waals surface area (Å²) in [5.74, 6) is -0.533. The van der Waals surface area contributed by atoms with E-state index >= 15 is 0 Å². The van der Waals surface area contributed by atoms with E-state index in [1.54, 1.807) is 0 Å². The SMILES string of the molecule is COCCn1c(C(=O)NC[C@@H](O)CO)cc2c(=O)n(C)c(=O)n(C)c21. The maximum Gasteiger partial charge on any atom is 0.332 e. The molecule has 25 heavy (non-hydrogen) atoms. The molecule has 138 valence electrons. The summed E-state index contributed by atoms with van der Waals surface area (Å²) < 4.78 is 8.84. The van der Waals surface area contributed by atoms with Gasteiger partial charge in [-0.3, -0.25) is 18.7 Å². The molecule has 0 fully saturated rings. The molecule has 10 nitrogen and oxygen atoms in total. The van der Waals surface area contributed by atoms with Crippen molar-refractivity contribution in [2.45, 2.75) is 12.6 Å². The van der Waals surface area contributed by atoms with Crippen LogP contribution in [0.3, 0.4) is 0 Å². The second-order valence-corrected chi connectivity index (χ2v) is 5.66. The van der Waals surface area contributed by atoms with Gasteiger partial charge in [-0.25, -0.2) is 4.79 Å². The minimum atomic E-state index is -1.09. The van der Waals surface area contributed by atoms with Crippen LogP contribution in [0.15, 0.2) is 15.7 Å². The molecule has 0 aliphatic heterocycles. The highest BCUT2D eigenvalue weighted by molar-refractivity contribution is 5.97. The molecule has 2 aromatic heterocycles. The number of amides is 1. The molecule has 10 heteroatoms. The molecule has 1 amide bonds. The number of ether oxygens (including phenoxy) is 1. The first-order valence-corrected chi connectivity index (χ1v) is 7.68. The number of hydrogen-bond donors (Lipinski definition) is 3. The fraction of sp³-hybridized carbons (Fsp3) is 0.533. The fourth-order valence-electron chi connectivity index (χ4n) is 2.60. The largest absolute Gasteiger partial charge is 0.394 e. The van der Waals surface area contributed by atoms with Gasteiger partial charge in [-0.05, 0) is 6.07 Å². The van der Waals surface area contributed by atoms with E-state index in [9.17, 15) is 19.5 Å². The van der Waals surface area contributed by atoms with Gasteiger partial charge in [-0.1, -0.05) is 0 Å². The van der Waals surface area contributed by atoms with Gasteiger partial charge >= 0.3 is 5.69 Å². The smallest absolute Gasteiger partial charge is 0.332 e. The van der Waals surface area contributed by atoms with Gasteiger partial charge in [0.05, 0.1) is 24.7 Å². The van der Waals surface area contributed by atoms with Crippen molar-refractivity contribution in [3.8, 4) is 0 Å². The summed E-state index contributed by atoms with van der Waals surface area (Å²) >= 11 is 0. The minimum Gasteiger partial charge on any atom is -0.394 e. The fourth-order valence-corrected chi connectivity index (χ4v) is 2.60. The normalized spacial score (nSPS) is 12.5. The summed E-state index contributed by atoms with van der Waals surface area (Å²) in [5.41, 5.74) is -0.524. The van der Waals surface area contributed by atoms with E-state index in [0.29, 0.717) is 5.65 Å². The van der Waals surface area contributed by atoms with E-state index in [4.69, 9.17) is 9.84 Å². The molecular weight excluding hydrogens is 332 g/mol. The van der Waals surface area contributed by atoms with Crippen LogP contribution < -0.4 is 16.6 Å². The zero-order valence-electron chi connectivity index (χ0n) is 14.4. The third-order valence-electron chi connectivity index (χ3n) is 3.96. The van der Waals surface area contributed by atoms with Crippen molar-refractivity contribution in [3.05, 3.63) is 32.6 Å². The van der Waals surface area contributed by atoms with Crippen molar-refractivity contribution in [1.82, 2.24) is 19.0 Å². The van der Waals surface area contributed by atoms with Crippen molar-refractivity contribution < 1.29 is 19.7 Å². The highest BCUT2D eigenvalue weighted by atomic mass is 16.5. The molecule has 0 aliphatic rings. The Hall–Kier alpha value is -2.43. The molecule has 0 saturated heterocycles.